The number of nitrogens with one attached hydrogen (secondary N) is 1. The predicted octanol–water partition coefficient (Wildman–Crippen LogP) is 0.902. The molecule has 2 amide bonds. The van der Waals surface area contributed by atoms with Gasteiger partial charge in [-0.3, -0.25) is 0 Å². The van der Waals surface area contributed by atoms with Crippen molar-refractivity contribution < 1.29 is 14.7 Å². The fraction of sp³-hybridized carbons (Fsp3) is 0.500. The van der Waals surface area contributed by atoms with E-state index in [9.17, 15) is 9.59 Å². The van der Waals surface area contributed by atoms with Crippen LogP contribution < -0.4 is 5.32 Å². The van der Waals surface area contributed by atoms with Gasteiger partial charge in [-0.05, 0) is 12.8 Å². The van der Waals surface area contributed by atoms with Gasteiger partial charge in [0.05, 0.1) is 6.54 Å². The van der Waals surface area contributed by atoms with E-state index in [0.717, 1.165) is 11.4 Å². The fourth-order valence-corrected chi connectivity index (χ4v) is 2.42. The molecule has 0 spiro atoms. The second kappa shape index (κ2) is 5.13. The zero-order valence-corrected chi connectivity index (χ0v) is 9.94. The molecule has 6 nitrogen and oxygen atoms in total. The minimum absolute atomic E-state index is 0.329. The molecule has 1 saturated heterocycles. The van der Waals surface area contributed by atoms with E-state index in [2.05, 4.69) is 10.3 Å². The number of hydrogen-bond acceptors (Lipinski definition) is 4. The van der Waals surface area contributed by atoms with Gasteiger partial charge in [-0.2, -0.15) is 0 Å². The molecule has 1 atom stereocenters. The standard InChI is InChI=1S/C10H13N3O3S/c14-9(15)7-2-1-4-13(7)10(16)12-6-8-11-3-5-17-8/h3,5,7H,1-2,4,6H2,(H,12,16)(H,14,15)/t7-/m0/s1. The Kier molecular flexibility index (Phi) is 3.58. The number of aliphatic carboxylic acids is 1. The smallest absolute Gasteiger partial charge is 0.326 e. The number of likely N-dealkylation sites (tertiary alicyclic amines) is 1. The number of amides is 2. The van der Waals surface area contributed by atoms with Gasteiger partial charge in [0, 0.05) is 18.1 Å². The molecule has 2 heterocycles. The Labute approximate surface area is 102 Å². The van der Waals surface area contributed by atoms with Crippen LogP contribution >= 0.6 is 11.3 Å². The highest BCUT2D eigenvalue weighted by atomic mass is 32.1. The maximum absolute atomic E-state index is 11.8. The Hall–Kier alpha value is -1.63. The lowest BCUT2D eigenvalue weighted by Crippen LogP contribution is -2.45. The molecule has 7 heteroatoms. The van der Waals surface area contributed by atoms with E-state index < -0.39 is 12.0 Å². The van der Waals surface area contributed by atoms with E-state index in [4.69, 9.17) is 5.11 Å². The molecule has 1 aromatic rings. The highest BCUT2D eigenvalue weighted by Crippen LogP contribution is 2.17. The van der Waals surface area contributed by atoms with Crippen molar-refractivity contribution in [3.05, 3.63) is 16.6 Å². The second-order valence-electron chi connectivity index (χ2n) is 3.77. The third kappa shape index (κ3) is 2.73. The third-order valence-electron chi connectivity index (χ3n) is 2.67. The lowest BCUT2D eigenvalue weighted by molar-refractivity contribution is -0.141. The van der Waals surface area contributed by atoms with Crippen LogP contribution in [-0.2, 0) is 11.3 Å². The Morgan fingerprint density at radius 3 is 3.12 bits per heavy atom. The summed E-state index contributed by atoms with van der Waals surface area (Å²) in [6.07, 6.45) is 2.93. The van der Waals surface area contributed by atoms with Crippen LogP contribution in [0.25, 0.3) is 0 Å². The molecule has 17 heavy (non-hydrogen) atoms. The summed E-state index contributed by atoms with van der Waals surface area (Å²) in [5.74, 6) is -0.938. The van der Waals surface area contributed by atoms with E-state index in [1.807, 2.05) is 5.38 Å². The predicted molar refractivity (Wildman–Crippen MR) is 61.7 cm³/mol. The van der Waals surface area contributed by atoms with Gasteiger partial charge in [-0.1, -0.05) is 0 Å². The number of aromatic nitrogens is 1. The van der Waals surface area contributed by atoms with Gasteiger partial charge in [-0.25, -0.2) is 14.6 Å². The topological polar surface area (TPSA) is 82.5 Å². The monoisotopic (exact) mass is 255 g/mol. The van der Waals surface area contributed by atoms with Crippen LogP contribution in [0.1, 0.15) is 17.8 Å². The van der Waals surface area contributed by atoms with Gasteiger partial charge in [0.1, 0.15) is 11.0 Å². The third-order valence-corrected chi connectivity index (χ3v) is 3.45. The first-order valence-corrected chi connectivity index (χ1v) is 6.22. The average Bonchev–Trinajstić information content (AvgIpc) is 2.96. The van der Waals surface area contributed by atoms with Crippen LogP contribution in [0.2, 0.25) is 0 Å². The number of urea groups is 1. The number of nitrogens with zero attached hydrogens (tertiary/aromatic N) is 2. The number of carboxylic acids is 1. The van der Waals surface area contributed by atoms with Crippen molar-refractivity contribution in [2.45, 2.75) is 25.4 Å². The maximum atomic E-state index is 11.8. The summed E-state index contributed by atoms with van der Waals surface area (Å²) < 4.78 is 0. The molecular weight excluding hydrogens is 242 g/mol. The van der Waals surface area contributed by atoms with Crippen molar-refractivity contribution in [2.24, 2.45) is 0 Å². The summed E-state index contributed by atoms with van der Waals surface area (Å²) >= 11 is 1.45. The van der Waals surface area contributed by atoms with Crippen molar-refractivity contribution in [2.75, 3.05) is 6.54 Å². The second-order valence-corrected chi connectivity index (χ2v) is 4.75. The Balaban J connectivity index is 1.89. The molecule has 0 aliphatic carbocycles. The highest BCUT2D eigenvalue weighted by molar-refractivity contribution is 7.09. The quantitative estimate of drug-likeness (QED) is 0.840. The van der Waals surface area contributed by atoms with E-state index >= 15 is 0 Å². The van der Waals surface area contributed by atoms with Crippen LogP contribution in [0.4, 0.5) is 4.79 Å². The molecule has 0 saturated carbocycles. The highest BCUT2D eigenvalue weighted by Gasteiger charge is 2.33. The van der Waals surface area contributed by atoms with Gasteiger partial charge in [-0.15, -0.1) is 11.3 Å². The van der Waals surface area contributed by atoms with Gasteiger partial charge in [0.25, 0.3) is 0 Å². The lowest BCUT2D eigenvalue weighted by Gasteiger charge is -2.21. The van der Waals surface area contributed by atoms with E-state index in [1.54, 1.807) is 6.20 Å². The normalized spacial score (nSPS) is 19.3. The molecule has 92 valence electrons. The van der Waals surface area contributed by atoms with Crippen molar-refractivity contribution in [3.8, 4) is 0 Å². The first-order valence-electron chi connectivity index (χ1n) is 5.34. The Bertz CT molecular complexity index is 407. The van der Waals surface area contributed by atoms with Crippen LogP contribution in [0.5, 0.6) is 0 Å². The van der Waals surface area contributed by atoms with Crippen molar-refractivity contribution in [3.63, 3.8) is 0 Å². The minimum atomic E-state index is -0.938. The molecule has 0 radical (unpaired) electrons. The van der Waals surface area contributed by atoms with Crippen molar-refractivity contribution in [1.82, 2.24) is 15.2 Å². The maximum Gasteiger partial charge on any atom is 0.326 e. The molecule has 1 fully saturated rings. The number of rotatable bonds is 3. The van der Waals surface area contributed by atoms with Crippen LogP contribution in [0.15, 0.2) is 11.6 Å². The van der Waals surface area contributed by atoms with Crippen molar-refractivity contribution in [1.29, 1.82) is 0 Å². The zero-order valence-electron chi connectivity index (χ0n) is 9.13. The molecule has 1 aliphatic heterocycles. The summed E-state index contributed by atoms with van der Waals surface area (Å²) in [7, 11) is 0. The van der Waals surface area contributed by atoms with E-state index in [1.165, 1.54) is 16.2 Å². The molecular formula is C10H13N3O3S. The molecule has 2 N–H and O–H groups in total. The first kappa shape index (κ1) is 11.8. The zero-order chi connectivity index (χ0) is 12.3. The largest absolute Gasteiger partial charge is 0.480 e. The Morgan fingerprint density at radius 2 is 2.47 bits per heavy atom. The molecule has 2 rings (SSSR count). The molecule has 0 aromatic carbocycles. The number of hydrogen-bond donors (Lipinski definition) is 2. The first-order chi connectivity index (χ1) is 8.18. The van der Waals surface area contributed by atoms with Gasteiger partial charge in [0.2, 0.25) is 0 Å². The van der Waals surface area contributed by atoms with Crippen LogP contribution in [-0.4, -0.2) is 39.6 Å². The summed E-state index contributed by atoms with van der Waals surface area (Å²) in [6.45, 7) is 0.847. The van der Waals surface area contributed by atoms with Crippen LogP contribution in [0, 0.1) is 0 Å². The van der Waals surface area contributed by atoms with E-state index in [0.29, 0.717) is 19.5 Å². The van der Waals surface area contributed by atoms with Crippen LogP contribution in [0.3, 0.4) is 0 Å². The van der Waals surface area contributed by atoms with Gasteiger partial charge in [0.15, 0.2) is 0 Å². The van der Waals surface area contributed by atoms with Gasteiger partial charge < -0.3 is 15.3 Å². The van der Waals surface area contributed by atoms with E-state index in [-0.39, 0.29) is 6.03 Å². The number of carbonyl (C=O) groups is 2. The molecule has 1 aromatic heterocycles. The lowest BCUT2D eigenvalue weighted by atomic mass is 10.2. The molecule has 0 unspecified atom stereocenters. The number of carbonyl (C=O) groups excluding carboxylic acids is 1. The molecule has 1 aliphatic rings. The minimum Gasteiger partial charge on any atom is -0.480 e. The summed E-state index contributed by atoms with van der Waals surface area (Å²) in [6, 6.07) is -1.02. The number of thiazole rings is 1. The average molecular weight is 255 g/mol. The Morgan fingerprint density at radius 1 is 1.65 bits per heavy atom. The van der Waals surface area contributed by atoms with Crippen molar-refractivity contribution >= 4 is 23.3 Å². The fourth-order valence-electron chi connectivity index (χ4n) is 1.86. The SMILES string of the molecule is O=C(O)[C@@H]1CCCN1C(=O)NCc1nccs1. The summed E-state index contributed by atoms with van der Waals surface area (Å²) in [5, 5.41) is 14.3. The molecule has 0 bridgehead atoms. The van der Waals surface area contributed by atoms with Gasteiger partial charge >= 0.3 is 12.0 Å². The summed E-state index contributed by atoms with van der Waals surface area (Å²) in [4.78, 5) is 28.1. The number of carboxylic acid groups (broad SMARTS) is 1. The summed E-state index contributed by atoms with van der Waals surface area (Å²) in [5.41, 5.74) is 0.